The summed E-state index contributed by atoms with van der Waals surface area (Å²) in [5.41, 5.74) is 7.60. The number of aliphatic hydroxyl groups excluding tert-OH is 1. The maximum absolute atomic E-state index is 9.32. The highest BCUT2D eigenvalue weighted by atomic mass is 16.3. The van der Waals surface area contributed by atoms with E-state index in [1.54, 1.807) is 6.92 Å². The Morgan fingerprint density at radius 2 is 2.07 bits per heavy atom. The van der Waals surface area contributed by atoms with Gasteiger partial charge in [-0.25, -0.2) is 0 Å². The van der Waals surface area contributed by atoms with Crippen LogP contribution in [-0.2, 0) is 0 Å². The van der Waals surface area contributed by atoms with Crippen LogP contribution in [0.15, 0.2) is 24.3 Å². The van der Waals surface area contributed by atoms with Gasteiger partial charge >= 0.3 is 0 Å². The number of hydrogen-bond acceptors (Lipinski definition) is 3. The molecular formula is C11H18N2O. The SMILES string of the molecule is CCN(CC(C)O)c1ccccc1N. The molecule has 0 aliphatic carbocycles. The first-order valence-electron chi connectivity index (χ1n) is 4.92. The maximum atomic E-state index is 9.32. The fourth-order valence-corrected chi connectivity index (χ4v) is 1.49. The van der Waals surface area contributed by atoms with Crippen LogP contribution in [0.3, 0.4) is 0 Å². The highest BCUT2D eigenvalue weighted by Gasteiger charge is 2.09. The molecule has 78 valence electrons. The van der Waals surface area contributed by atoms with Gasteiger partial charge in [0.15, 0.2) is 0 Å². The van der Waals surface area contributed by atoms with Gasteiger partial charge in [0.25, 0.3) is 0 Å². The number of para-hydroxylation sites is 2. The molecule has 1 aromatic carbocycles. The smallest absolute Gasteiger partial charge is 0.0687 e. The molecule has 0 amide bonds. The number of nitrogens with zero attached hydrogens (tertiary/aromatic N) is 1. The summed E-state index contributed by atoms with van der Waals surface area (Å²) in [5.74, 6) is 0. The molecule has 0 saturated heterocycles. The molecule has 1 aromatic rings. The van der Waals surface area contributed by atoms with Crippen molar-refractivity contribution in [3.05, 3.63) is 24.3 Å². The standard InChI is InChI=1S/C11H18N2O/c1-3-13(8-9(2)14)11-7-5-4-6-10(11)12/h4-7,9,14H,3,8,12H2,1-2H3. The van der Waals surface area contributed by atoms with E-state index < -0.39 is 0 Å². The average molecular weight is 194 g/mol. The number of nitrogens with two attached hydrogens (primary N) is 1. The summed E-state index contributed by atoms with van der Waals surface area (Å²) >= 11 is 0. The van der Waals surface area contributed by atoms with Crippen molar-refractivity contribution in [1.29, 1.82) is 0 Å². The Morgan fingerprint density at radius 1 is 1.43 bits per heavy atom. The van der Waals surface area contributed by atoms with Crippen LogP contribution in [-0.4, -0.2) is 24.3 Å². The zero-order valence-electron chi connectivity index (χ0n) is 8.77. The summed E-state index contributed by atoms with van der Waals surface area (Å²) in [5, 5.41) is 9.32. The lowest BCUT2D eigenvalue weighted by Crippen LogP contribution is -2.31. The van der Waals surface area contributed by atoms with E-state index in [0.717, 1.165) is 17.9 Å². The van der Waals surface area contributed by atoms with Crippen molar-refractivity contribution in [2.45, 2.75) is 20.0 Å². The molecule has 0 aliphatic rings. The summed E-state index contributed by atoms with van der Waals surface area (Å²) in [6.45, 7) is 5.29. The fraction of sp³-hybridized carbons (Fsp3) is 0.455. The topological polar surface area (TPSA) is 49.5 Å². The van der Waals surface area contributed by atoms with Crippen LogP contribution in [0.5, 0.6) is 0 Å². The Hall–Kier alpha value is -1.22. The van der Waals surface area contributed by atoms with Gasteiger partial charge in [0.2, 0.25) is 0 Å². The molecule has 3 nitrogen and oxygen atoms in total. The minimum absolute atomic E-state index is 0.338. The maximum Gasteiger partial charge on any atom is 0.0687 e. The predicted molar refractivity (Wildman–Crippen MR) is 60.4 cm³/mol. The van der Waals surface area contributed by atoms with Crippen molar-refractivity contribution in [3.63, 3.8) is 0 Å². The largest absolute Gasteiger partial charge is 0.397 e. The van der Waals surface area contributed by atoms with Crippen LogP contribution in [0.2, 0.25) is 0 Å². The molecule has 3 heteroatoms. The summed E-state index contributed by atoms with van der Waals surface area (Å²) < 4.78 is 0. The molecule has 0 bridgehead atoms. The van der Waals surface area contributed by atoms with Gasteiger partial charge in [0.05, 0.1) is 17.5 Å². The first kappa shape index (κ1) is 10.9. The Bertz CT molecular complexity index is 286. The molecule has 0 heterocycles. The normalized spacial score (nSPS) is 12.5. The zero-order chi connectivity index (χ0) is 10.6. The quantitative estimate of drug-likeness (QED) is 0.714. The summed E-state index contributed by atoms with van der Waals surface area (Å²) in [4.78, 5) is 2.07. The monoisotopic (exact) mass is 194 g/mol. The van der Waals surface area contributed by atoms with Gasteiger partial charge in [0.1, 0.15) is 0 Å². The van der Waals surface area contributed by atoms with E-state index in [9.17, 15) is 5.11 Å². The number of nitrogen functional groups attached to an aromatic ring is 1. The molecule has 1 atom stereocenters. The van der Waals surface area contributed by atoms with Crippen LogP contribution in [0.1, 0.15) is 13.8 Å². The first-order valence-corrected chi connectivity index (χ1v) is 4.92. The van der Waals surface area contributed by atoms with Crippen LogP contribution in [0.25, 0.3) is 0 Å². The van der Waals surface area contributed by atoms with Crippen LogP contribution < -0.4 is 10.6 Å². The van der Waals surface area contributed by atoms with E-state index in [2.05, 4.69) is 11.8 Å². The molecule has 0 aromatic heterocycles. The van der Waals surface area contributed by atoms with Crippen molar-refractivity contribution in [2.75, 3.05) is 23.7 Å². The average Bonchev–Trinajstić information content (AvgIpc) is 2.15. The van der Waals surface area contributed by atoms with Crippen molar-refractivity contribution in [1.82, 2.24) is 0 Å². The molecular weight excluding hydrogens is 176 g/mol. The van der Waals surface area contributed by atoms with Crippen molar-refractivity contribution < 1.29 is 5.11 Å². The van der Waals surface area contributed by atoms with E-state index in [1.165, 1.54) is 0 Å². The van der Waals surface area contributed by atoms with E-state index in [0.29, 0.717) is 6.54 Å². The predicted octanol–water partition coefficient (Wildman–Crippen LogP) is 1.48. The Morgan fingerprint density at radius 3 is 2.57 bits per heavy atom. The lowest BCUT2D eigenvalue weighted by molar-refractivity contribution is 0.200. The minimum atomic E-state index is -0.338. The number of likely N-dealkylation sites (N-methyl/N-ethyl adjacent to an activating group) is 1. The Balaban J connectivity index is 2.83. The second-order valence-corrected chi connectivity index (χ2v) is 3.45. The van der Waals surface area contributed by atoms with Crippen molar-refractivity contribution >= 4 is 11.4 Å². The molecule has 0 radical (unpaired) electrons. The highest BCUT2D eigenvalue weighted by Crippen LogP contribution is 2.22. The summed E-state index contributed by atoms with van der Waals surface area (Å²) in [6, 6.07) is 7.71. The van der Waals surface area contributed by atoms with Gasteiger partial charge in [-0.05, 0) is 26.0 Å². The number of anilines is 2. The number of hydrogen-bond donors (Lipinski definition) is 2. The first-order chi connectivity index (χ1) is 6.65. The van der Waals surface area contributed by atoms with Crippen LogP contribution in [0.4, 0.5) is 11.4 Å². The second kappa shape index (κ2) is 4.86. The minimum Gasteiger partial charge on any atom is -0.397 e. The third-order valence-corrected chi connectivity index (χ3v) is 2.14. The number of rotatable bonds is 4. The van der Waals surface area contributed by atoms with Gasteiger partial charge in [-0.1, -0.05) is 12.1 Å². The van der Waals surface area contributed by atoms with E-state index in [-0.39, 0.29) is 6.10 Å². The van der Waals surface area contributed by atoms with Crippen LogP contribution >= 0.6 is 0 Å². The van der Waals surface area contributed by atoms with Crippen molar-refractivity contribution in [3.8, 4) is 0 Å². The Kier molecular flexibility index (Phi) is 3.77. The molecule has 0 aliphatic heterocycles. The molecule has 0 spiro atoms. The molecule has 1 unspecified atom stereocenters. The zero-order valence-corrected chi connectivity index (χ0v) is 8.77. The van der Waals surface area contributed by atoms with Crippen LogP contribution in [0, 0.1) is 0 Å². The molecule has 3 N–H and O–H groups in total. The highest BCUT2D eigenvalue weighted by molar-refractivity contribution is 5.67. The van der Waals surface area contributed by atoms with Gasteiger partial charge in [0, 0.05) is 13.1 Å². The molecule has 1 rings (SSSR count). The Labute approximate surface area is 85.2 Å². The van der Waals surface area contributed by atoms with Gasteiger partial charge < -0.3 is 15.7 Å². The molecule has 0 fully saturated rings. The van der Waals surface area contributed by atoms with Crippen molar-refractivity contribution in [2.24, 2.45) is 0 Å². The van der Waals surface area contributed by atoms with Gasteiger partial charge in [-0.2, -0.15) is 0 Å². The summed E-state index contributed by atoms with van der Waals surface area (Å²) in [6.07, 6.45) is -0.338. The third-order valence-electron chi connectivity index (χ3n) is 2.14. The number of aliphatic hydroxyl groups is 1. The molecule has 14 heavy (non-hydrogen) atoms. The lowest BCUT2D eigenvalue weighted by Gasteiger charge is -2.25. The summed E-state index contributed by atoms with van der Waals surface area (Å²) in [7, 11) is 0. The fourth-order valence-electron chi connectivity index (χ4n) is 1.49. The third kappa shape index (κ3) is 2.64. The lowest BCUT2D eigenvalue weighted by atomic mass is 10.2. The second-order valence-electron chi connectivity index (χ2n) is 3.45. The van der Waals surface area contributed by atoms with Gasteiger partial charge in [-0.15, -0.1) is 0 Å². The van der Waals surface area contributed by atoms with Gasteiger partial charge in [-0.3, -0.25) is 0 Å². The van der Waals surface area contributed by atoms with E-state index in [1.807, 2.05) is 24.3 Å². The van der Waals surface area contributed by atoms with E-state index in [4.69, 9.17) is 5.73 Å². The molecule has 0 saturated carbocycles. The van der Waals surface area contributed by atoms with E-state index >= 15 is 0 Å². The number of benzene rings is 1.